The number of anilines is 2. The molecule has 194 valence electrons. The van der Waals surface area contributed by atoms with E-state index in [1.807, 2.05) is 39.4 Å². The molecule has 8 heteroatoms. The summed E-state index contributed by atoms with van der Waals surface area (Å²) in [5.41, 5.74) is 6.13. The van der Waals surface area contributed by atoms with E-state index in [9.17, 15) is 9.59 Å². The lowest BCUT2D eigenvalue weighted by atomic mass is 10.0. The van der Waals surface area contributed by atoms with Crippen LogP contribution in [0.4, 0.5) is 11.4 Å². The van der Waals surface area contributed by atoms with E-state index >= 15 is 0 Å². The first-order valence-electron chi connectivity index (χ1n) is 13.1. The van der Waals surface area contributed by atoms with Crippen molar-refractivity contribution in [3.8, 4) is 0 Å². The Morgan fingerprint density at radius 1 is 1.03 bits per heavy atom. The molecule has 37 heavy (non-hydrogen) atoms. The Morgan fingerprint density at radius 2 is 1.78 bits per heavy atom. The summed E-state index contributed by atoms with van der Waals surface area (Å²) >= 11 is 0. The molecule has 1 saturated carbocycles. The van der Waals surface area contributed by atoms with Crippen molar-refractivity contribution < 1.29 is 9.59 Å². The maximum absolute atomic E-state index is 13.1. The van der Waals surface area contributed by atoms with Gasteiger partial charge in [-0.3, -0.25) is 24.2 Å². The fourth-order valence-corrected chi connectivity index (χ4v) is 4.76. The molecule has 0 saturated heterocycles. The van der Waals surface area contributed by atoms with E-state index < -0.39 is 0 Å². The van der Waals surface area contributed by atoms with Crippen molar-refractivity contribution in [1.29, 1.82) is 0 Å². The maximum Gasteiger partial charge on any atom is 0.257 e. The molecule has 8 nitrogen and oxygen atoms in total. The number of rotatable bonds is 9. The van der Waals surface area contributed by atoms with E-state index in [4.69, 9.17) is 0 Å². The molecule has 4 rings (SSSR count). The number of carbonyl (C=O) groups is 2. The Balaban J connectivity index is 1.46. The van der Waals surface area contributed by atoms with Gasteiger partial charge in [-0.15, -0.1) is 0 Å². The second-order valence-corrected chi connectivity index (χ2v) is 9.87. The third kappa shape index (κ3) is 6.90. The lowest BCUT2D eigenvalue weighted by molar-refractivity contribution is -0.116. The minimum atomic E-state index is -0.281. The fraction of sp³-hybridized carbons (Fsp3) is 0.414. The molecule has 0 radical (unpaired) electrons. The summed E-state index contributed by atoms with van der Waals surface area (Å²) in [6.07, 6.45) is 16.3. The zero-order chi connectivity index (χ0) is 26.4. The molecule has 0 aromatic carbocycles. The number of carbonyl (C=O) groups excluding carboxylic acids is 2. The molecule has 0 unspecified atom stereocenters. The molecule has 3 aromatic rings. The first kappa shape index (κ1) is 26.3. The largest absolute Gasteiger partial charge is 0.325 e. The summed E-state index contributed by atoms with van der Waals surface area (Å²) in [4.78, 5) is 34.4. The summed E-state index contributed by atoms with van der Waals surface area (Å²) in [5, 5.41) is 10.1. The van der Waals surface area contributed by atoms with Crippen molar-refractivity contribution in [2.75, 3.05) is 10.6 Å². The molecular formula is C29H36N6O2. The van der Waals surface area contributed by atoms with Gasteiger partial charge in [0.15, 0.2) is 0 Å². The maximum atomic E-state index is 13.1. The Morgan fingerprint density at radius 3 is 2.49 bits per heavy atom. The van der Waals surface area contributed by atoms with Crippen LogP contribution < -0.4 is 10.6 Å². The van der Waals surface area contributed by atoms with Gasteiger partial charge in [0.05, 0.1) is 35.0 Å². The highest BCUT2D eigenvalue weighted by molar-refractivity contribution is 6.05. The van der Waals surface area contributed by atoms with Gasteiger partial charge in [0.25, 0.3) is 5.91 Å². The topological polar surface area (TPSA) is 102 Å². The summed E-state index contributed by atoms with van der Waals surface area (Å²) in [6.45, 7) is 5.84. The van der Waals surface area contributed by atoms with Gasteiger partial charge >= 0.3 is 0 Å². The van der Waals surface area contributed by atoms with Gasteiger partial charge in [-0.2, -0.15) is 5.10 Å². The minimum Gasteiger partial charge on any atom is -0.325 e. The van der Waals surface area contributed by atoms with Gasteiger partial charge in [0, 0.05) is 37.1 Å². The van der Waals surface area contributed by atoms with Crippen molar-refractivity contribution in [3.63, 3.8) is 0 Å². The van der Waals surface area contributed by atoms with Gasteiger partial charge in [-0.05, 0) is 62.0 Å². The summed E-state index contributed by atoms with van der Waals surface area (Å²) in [5.74, 6) is 0.364. The zero-order valence-electron chi connectivity index (χ0n) is 22.2. The number of pyridine rings is 2. The van der Waals surface area contributed by atoms with Crippen LogP contribution in [0.25, 0.3) is 11.6 Å². The first-order chi connectivity index (χ1) is 17.8. The molecule has 0 aliphatic heterocycles. The highest BCUT2D eigenvalue weighted by atomic mass is 16.2. The molecule has 3 aromatic heterocycles. The van der Waals surface area contributed by atoms with Gasteiger partial charge in [0.1, 0.15) is 0 Å². The Labute approximate surface area is 218 Å². The van der Waals surface area contributed by atoms with E-state index in [1.54, 1.807) is 23.1 Å². The minimum absolute atomic E-state index is 0.0191. The van der Waals surface area contributed by atoms with Crippen LogP contribution in [0.15, 0.2) is 36.9 Å². The Bertz CT molecular complexity index is 1300. The van der Waals surface area contributed by atoms with Crippen LogP contribution in [0, 0.1) is 19.8 Å². The summed E-state index contributed by atoms with van der Waals surface area (Å²) in [6, 6.07) is 3.61. The van der Waals surface area contributed by atoms with Crippen LogP contribution in [0.3, 0.4) is 0 Å². The van der Waals surface area contributed by atoms with Crippen LogP contribution >= 0.6 is 0 Å². The van der Waals surface area contributed by atoms with E-state index in [-0.39, 0.29) is 11.8 Å². The molecule has 1 fully saturated rings. The zero-order valence-corrected chi connectivity index (χ0v) is 22.2. The number of allylic oxidation sites excluding steroid dienone is 1. The van der Waals surface area contributed by atoms with Crippen molar-refractivity contribution in [2.24, 2.45) is 13.0 Å². The average molecular weight is 501 g/mol. The van der Waals surface area contributed by atoms with E-state index in [0.29, 0.717) is 35.0 Å². The molecule has 0 spiro atoms. The predicted octanol–water partition coefficient (Wildman–Crippen LogP) is 5.94. The normalized spacial score (nSPS) is 14.1. The Hall–Kier alpha value is -3.81. The third-order valence-corrected chi connectivity index (χ3v) is 7.05. The lowest BCUT2D eigenvalue weighted by Gasteiger charge is -2.12. The number of aryl methyl sites for hydroxylation is 3. The second kappa shape index (κ2) is 12.0. The number of nitrogens with zero attached hydrogens (tertiary/aromatic N) is 4. The standard InChI is InChI=1S/C29H36N6O2/c1-5-22(25-16-32-35(4)18-25)12-23-13-24(15-30-19(23)2)29(37)34-27-14-26(17-31-20(27)3)33-28(36)11-10-21-8-6-7-9-21/h12-18,21H,5-11H2,1-4H3,(H,33,36)(H,34,37)/b22-12+. The quantitative estimate of drug-likeness (QED) is 0.379. The SMILES string of the molecule is CC/C(=C\c1cc(C(=O)Nc2cc(NC(=O)CCC3CCCC3)cnc2C)cnc1C)c1cnn(C)c1. The fourth-order valence-electron chi connectivity index (χ4n) is 4.76. The van der Waals surface area contributed by atoms with Crippen LogP contribution in [0.5, 0.6) is 0 Å². The second-order valence-electron chi connectivity index (χ2n) is 9.87. The van der Waals surface area contributed by atoms with Gasteiger partial charge in [0.2, 0.25) is 5.91 Å². The number of amides is 2. The summed E-state index contributed by atoms with van der Waals surface area (Å²) < 4.78 is 1.77. The van der Waals surface area contributed by atoms with Gasteiger partial charge < -0.3 is 10.6 Å². The van der Waals surface area contributed by atoms with Crippen LogP contribution in [-0.4, -0.2) is 31.6 Å². The summed E-state index contributed by atoms with van der Waals surface area (Å²) in [7, 11) is 1.89. The van der Waals surface area contributed by atoms with Crippen LogP contribution in [0.2, 0.25) is 0 Å². The molecule has 0 atom stereocenters. The van der Waals surface area contributed by atoms with Crippen molar-refractivity contribution in [3.05, 3.63) is 65.0 Å². The van der Waals surface area contributed by atoms with Crippen LogP contribution in [-0.2, 0) is 11.8 Å². The van der Waals surface area contributed by atoms with Crippen molar-refractivity contribution in [1.82, 2.24) is 19.7 Å². The smallest absolute Gasteiger partial charge is 0.257 e. The number of aromatic nitrogens is 4. The molecular weight excluding hydrogens is 464 g/mol. The highest BCUT2D eigenvalue weighted by Crippen LogP contribution is 2.29. The van der Waals surface area contributed by atoms with Crippen molar-refractivity contribution >= 4 is 34.8 Å². The van der Waals surface area contributed by atoms with Crippen molar-refractivity contribution in [2.45, 2.75) is 65.7 Å². The van der Waals surface area contributed by atoms with E-state index in [1.165, 1.54) is 25.7 Å². The molecule has 0 bridgehead atoms. The van der Waals surface area contributed by atoms with Gasteiger partial charge in [-0.25, -0.2) is 0 Å². The predicted molar refractivity (Wildman–Crippen MR) is 147 cm³/mol. The Kier molecular flexibility index (Phi) is 8.48. The molecule has 2 N–H and O–H groups in total. The monoisotopic (exact) mass is 500 g/mol. The van der Waals surface area contributed by atoms with E-state index in [0.717, 1.165) is 35.2 Å². The molecule has 3 heterocycles. The third-order valence-electron chi connectivity index (χ3n) is 7.05. The first-order valence-corrected chi connectivity index (χ1v) is 13.1. The molecule has 1 aliphatic carbocycles. The highest BCUT2D eigenvalue weighted by Gasteiger charge is 2.17. The lowest BCUT2D eigenvalue weighted by Crippen LogP contribution is -2.16. The number of hydrogen-bond donors (Lipinski definition) is 2. The van der Waals surface area contributed by atoms with E-state index in [2.05, 4.69) is 38.7 Å². The number of nitrogens with one attached hydrogen (secondary N) is 2. The molecule has 2 amide bonds. The average Bonchev–Trinajstić information content (AvgIpc) is 3.56. The van der Waals surface area contributed by atoms with Crippen LogP contribution in [0.1, 0.15) is 84.7 Å². The van der Waals surface area contributed by atoms with Gasteiger partial charge in [-0.1, -0.05) is 32.6 Å². The molecule has 1 aliphatic rings. The number of hydrogen-bond acceptors (Lipinski definition) is 5.